The molecule has 1 aromatic heterocycles. The lowest BCUT2D eigenvalue weighted by Crippen LogP contribution is -2.36. The van der Waals surface area contributed by atoms with Crippen LogP contribution in [0.1, 0.15) is 92.8 Å². The highest BCUT2D eigenvalue weighted by Crippen LogP contribution is 2.49. The Balaban J connectivity index is 1.61. The zero-order chi connectivity index (χ0) is 23.6. The molecule has 3 aliphatic rings. The van der Waals surface area contributed by atoms with Crippen molar-refractivity contribution in [3.8, 4) is 0 Å². The number of Topliss-reactive ketones (excluding diaryl/α,β-unsaturated/α-hetero) is 2. The summed E-state index contributed by atoms with van der Waals surface area (Å²) in [6.07, 6.45) is 4.57. The predicted molar refractivity (Wildman–Crippen MR) is 125 cm³/mol. The van der Waals surface area contributed by atoms with Crippen LogP contribution in [0.3, 0.4) is 0 Å². The first kappa shape index (κ1) is 22.4. The van der Waals surface area contributed by atoms with Crippen molar-refractivity contribution >= 4 is 11.6 Å². The summed E-state index contributed by atoms with van der Waals surface area (Å²) in [5, 5.41) is 0. The lowest BCUT2D eigenvalue weighted by Gasteiger charge is -2.43. The molecule has 0 unspecified atom stereocenters. The van der Waals surface area contributed by atoms with Crippen LogP contribution in [-0.4, -0.2) is 29.8 Å². The number of pyridine rings is 1. The summed E-state index contributed by atoms with van der Waals surface area (Å²) in [6, 6.07) is 8.27. The molecule has 33 heavy (non-hydrogen) atoms. The van der Waals surface area contributed by atoms with Gasteiger partial charge in [-0.1, -0.05) is 39.8 Å². The molecule has 5 heteroatoms. The predicted octanol–water partition coefficient (Wildman–Crippen LogP) is 5.00. The van der Waals surface area contributed by atoms with E-state index in [1.807, 2.05) is 12.1 Å². The number of carbonyl (C=O) groups excluding carboxylic acids is 2. The average molecular weight is 448 g/mol. The number of rotatable bonds is 3. The maximum Gasteiger partial charge on any atom is 0.240 e. The molecule has 5 rings (SSSR count). The quantitative estimate of drug-likeness (QED) is 0.620. The maximum absolute atomic E-state index is 12.2. The normalized spacial score (nSPS) is 23.7. The molecule has 1 aliphatic heterocycles. The van der Waals surface area contributed by atoms with Crippen LogP contribution in [0.5, 0.6) is 0 Å². The van der Waals surface area contributed by atoms with Gasteiger partial charge in [0, 0.05) is 24.6 Å². The molecule has 2 fully saturated rings. The minimum absolute atomic E-state index is 0.0204. The summed E-state index contributed by atoms with van der Waals surface area (Å²) >= 11 is 0. The summed E-state index contributed by atoms with van der Waals surface area (Å²) in [5.74, 6) is -1.80. The van der Waals surface area contributed by atoms with Gasteiger partial charge in [-0.3, -0.25) is 14.6 Å². The van der Waals surface area contributed by atoms with E-state index in [2.05, 4.69) is 51.7 Å². The van der Waals surface area contributed by atoms with E-state index in [1.54, 1.807) is 6.20 Å². The summed E-state index contributed by atoms with van der Waals surface area (Å²) < 4.78 is 12.6. The molecular weight excluding hydrogens is 414 g/mol. The molecular formula is C28H33NO4. The monoisotopic (exact) mass is 447 g/mol. The number of carbonyl (C=O) groups is 2. The summed E-state index contributed by atoms with van der Waals surface area (Å²) in [4.78, 5) is 29.1. The molecule has 1 saturated heterocycles. The van der Waals surface area contributed by atoms with Crippen LogP contribution in [0.2, 0.25) is 0 Å². The molecule has 174 valence electrons. The molecule has 0 bridgehead atoms. The van der Waals surface area contributed by atoms with Crippen LogP contribution in [-0.2, 0) is 35.7 Å². The number of nitrogens with zero attached hydrogens (tertiary/aromatic N) is 1. The zero-order valence-corrected chi connectivity index (χ0v) is 20.3. The Kier molecular flexibility index (Phi) is 5.15. The molecule has 0 radical (unpaired) electrons. The Morgan fingerprint density at radius 2 is 1.42 bits per heavy atom. The van der Waals surface area contributed by atoms with E-state index < -0.39 is 11.7 Å². The van der Waals surface area contributed by atoms with Gasteiger partial charge >= 0.3 is 0 Å². The molecule has 1 saturated carbocycles. The first-order valence-electron chi connectivity index (χ1n) is 12.0. The van der Waals surface area contributed by atoms with Gasteiger partial charge in [0.2, 0.25) is 5.79 Å². The smallest absolute Gasteiger partial charge is 0.240 e. The topological polar surface area (TPSA) is 65.5 Å². The summed E-state index contributed by atoms with van der Waals surface area (Å²) in [7, 11) is 0. The van der Waals surface area contributed by atoms with Gasteiger partial charge in [0.05, 0.1) is 13.2 Å². The van der Waals surface area contributed by atoms with Crippen molar-refractivity contribution in [1.29, 1.82) is 0 Å². The molecule has 2 aromatic rings. The standard InChI is InChI=1S/C28H33NO4/c1-17-14-20-21(27(4,5)11-10-26(20,2)3)15-19(17)28(32-12-13-33-28)24-9-6-18(16-29-24)25-22(30)7-8-23(25)31/h6,9,14-16,25H,7-8,10-13H2,1-5H3. The molecule has 0 spiro atoms. The van der Waals surface area contributed by atoms with E-state index in [9.17, 15) is 9.59 Å². The third-order valence-corrected chi connectivity index (χ3v) is 7.96. The zero-order valence-electron chi connectivity index (χ0n) is 20.3. The summed E-state index contributed by atoms with van der Waals surface area (Å²) in [5.41, 5.74) is 6.34. The highest BCUT2D eigenvalue weighted by Gasteiger charge is 2.46. The van der Waals surface area contributed by atoms with Crippen molar-refractivity contribution in [2.24, 2.45) is 0 Å². The molecule has 5 nitrogen and oxygen atoms in total. The highest BCUT2D eigenvalue weighted by atomic mass is 16.7. The van der Waals surface area contributed by atoms with Crippen LogP contribution < -0.4 is 0 Å². The van der Waals surface area contributed by atoms with Crippen molar-refractivity contribution in [2.75, 3.05) is 13.2 Å². The van der Waals surface area contributed by atoms with Gasteiger partial charge in [-0.2, -0.15) is 0 Å². The Bertz CT molecular complexity index is 1110. The number of hydrogen-bond acceptors (Lipinski definition) is 5. The van der Waals surface area contributed by atoms with Gasteiger partial charge in [0.25, 0.3) is 0 Å². The fraction of sp³-hybridized carbons (Fsp3) is 0.536. The van der Waals surface area contributed by atoms with E-state index >= 15 is 0 Å². The fourth-order valence-electron chi connectivity index (χ4n) is 5.79. The van der Waals surface area contributed by atoms with Crippen LogP contribution in [0.4, 0.5) is 0 Å². The van der Waals surface area contributed by atoms with Crippen LogP contribution in [0.25, 0.3) is 0 Å². The van der Waals surface area contributed by atoms with Gasteiger partial charge in [-0.15, -0.1) is 0 Å². The Hall–Kier alpha value is -2.37. The Labute approximate surface area is 195 Å². The number of aryl methyl sites for hydroxylation is 1. The van der Waals surface area contributed by atoms with Crippen molar-refractivity contribution in [1.82, 2.24) is 4.98 Å². The minimum atomic E-state index is -1.08. The SMILES string of the molecule is Cc1cc2c(cc1C1(c3ccc(C4C(=O)CCC4=O)cn3)OCCO1)C(C)(C)CCC2(C)C. The lowest BCUT2D eigenvalue weighted by atomic mass is 9.62. The van der Waals surface area contributed by atoms with E-state index in [0.717, 1.165) is 24.0 Å². The van der Waals surface area contributed by atoms with Crippen LogP contribution >= 0.6 is 0 Å². The molecule has 2 aliphatic carbocycles. The Morgan fingerprint density at radius 1 is 0.848 bits per heavy atom. The molecule has 0 N–H and O–H groups in total. The van der Waals surface area contributed by atoms with Gasteiger partial charge in [-0.05, 0) is 65.0 Å². The third kappa shape index (κ3) is 3.48. The fourth-order valence-corrected chi connectivity index (χ4v) is 5.79. The third-order valence-electron chi connectivity index (χ3n) is 7.96. The number of fused-ring (bicyclic) bond motifs is 1. The molecule has 2 heterocycles. The van der Waals surface area contributed by atoms with Crippen molar-refractivity contribution in [3.05, 3.63) is 64.0 Å². The van der Waals surface area contributed by atoms with Crippen LogP contribution in [0.15, 0.2) is 30.5 Å². The molecule has 0 amide bonds. The number of ether oxygens (including phenoxy) is 2. The summed E-state index contributed by atoms with van der Waals surface area (Å²) in [6.45, 7) is 12.3. The van der Waals surface area contributed by atoms with Crippen molar-refractivity contribution < 1.29 is 19.1 Å². The maximum atomic E-state index is 12.2. The van der Waals surface area contributed by atoms with Gasteiger partial charge < -0.3 is 9.47 Å². The van der Waals surface area contributed by atoms with Crippen LogP contribution in [0, 0.1) is 6.92 Å². The molecule has 0 atom stereocenters. The van der Waals surface area contributed by atoms with E-state index in [-0.39, 0.29) is 22.4 Å². The van der Waals surface area contributed by atoms with Crippen molar-refractivity contribution in [2.45, 2.75) is 82.8 Å². The second-order valence-electron chi connectivity index (χ2n) is 11.1. The average Bonchev–Trinajstić information content (AvgIpc) is 3.39. The van der Waals surface area contributed by atoms with Gasteiger partial charge in [-0.25, -0.2) is 0 Å². The largest absolute Gasteiger partial charge is 0.339 e. The second-order valence-corrected chi connectivity index (χ2v) is 11.1. The van der Waals surface area contributed by atoms with E-state index in [0.29, 0.717) is 37.3 Å². The number of ketones is 2. The number of hydrogen-bond donors (Lipinski definition) is 0. The van der Waals surface area contributed by atoms with Gasteiger partial charge in [0.15, 0.2) is 0 Å². The number of benzene rings is 1. The van der Waals surface area contributed by atoms with E-state index in [4.69, 9.17) is 9.47 Å². The second kappa shape index (κ2) is 7.57. The highest BCUT2D eigenvalue weighted by molar-refractivity contribution is 6.13. The minimum Gasteiger partial charge on any atom is -0.339 e. The van der Waals surface area contributed by atoms with Crippen molar-refractivity contribution in [3.63, 3.8) is 0 Å². The first-order valence-corrected chi connectivity index (χ1v) is 12.0. The molecule has 1 aromatic carbocycles. The number of aromatic nitrogens is 1. The lowest BCUT2D eigenvalue weighted by molar-refractivity contribution is -0.133. The first-order chi connectivity index (χ1) is 15.6. The Morgan fingerprint density at radius 3 is 1.97 bits per heavy atom. The van der Waals surface area contributed by atoms with E-state index in [1.165, 1.54) is 11.1 Å². The van der Waals surface area contributed by atoms with Gasteiger partial charge in [0.1, 0.15) is 23.2 Å².